The summed E-state index contributed by atoms with van der Waals surface area (Å²) in [7, 11) is -3.38. The van der Waals surface area contributed by atoms with Crippen LogP contribution in [0, 0.1) is 17.2 Å². The second kappa shape index (κ2) is 12.0. The van der Waals surface area contributed by atoms with Gasteiger partial charge in [-0.25, -0.2) is 8.42 Å². The molecule has 2 aromatic rings. The molecule has 190 valence electrons. The molecule has 6 nitrogen and oxygen atoms in total. The van der Waals surface area contributed by atoms with Crippen molar-refractivity contribution in [1.82, 2.24) is 10.6 Å². The fourth-order valence-electron chi connectivity index (χ4n) is 3.47. The van der Waals surface area contributed by atoms with Crippen LogP contribution in [0.2, 0.25) is 0 Å². The number of halogens is 4. The van der Waals surface area contributed by atoms with Crippen molar-refractivity contribution in [3.63, 3.8) is 0 Å². The highest BCUT2D eigenvalue weighted by molar-refractivity contribution is 9.10. The standard InChI is InChI=1S/C24H27BrF3N3O3S/c1-15(2)12-21(31-22(24(26,27)28)17-6-8-18(25)9-7-17)23(32)30-19(14-29)13-16-4-10-20(11-5-16)35(3,33)34/h4-11,15,19,21-22,31H,12-13H2,1-3H3,(H,30,32)/t19-,21?,22-/m0/s1. The summed E-state index contributed by atoms with van der Waals surface area (Å²) in [4.78, 5) is 13.1. The number of amides is 1. The van der Waals surface area contributed by atoms with Gasteiger partial charge in [-0.2, -0.15) is 18.4 Å². The summed E-state index contributed by atoms with van der Waals surface area (Å²) in [5.41, 5.74) is 0.561. The molecule has 3 atom stereocenters. The number of hydrogen-bond acceptors (Lipinski definition) is 5. The number of alkyl halides is 3. The van der Waals surface area contributed by atoms with Crippen LogP contribution in [0.3, 0.4) is 0 Å². The predicted molar refractivity (Wildman–Crippen MR) is 130 cm³/mol. The lowest BCUT2D eigenvalue weighted by molar-refractivity contribution is -0.161. The molecule has 0 saturated heterocycles. The maximum atomic E-state index is 13.9. The lowest BCUT2D eigenvalue weighted by atomic mass is 9.99. The smallest absolute Gasteiger partial charge is 0.339 e. The van der Waals surface area contributed by atoms with Crippen LogP contribution in [0.5, 0.6) is 0 Å². The zero-order chi connectivity index (χ0) is 26.4. The van der Waals surface area contributed by atoms with Crippen molar-refractivity contribution in [2.75, 3.05) is 6.26 Å². The van der Waals surface area contributed by atoms with Gasteiger partial charge in [-0.3, -0.25) is 10.1 Å². The minimum atomic E-state index is -4.65. The quantitative estimate of drug-likeness (QED) is 0.429. The van der Waals surface area contributed by atoms with Crippen LogP contribution < -0.4 is 10.6 Å². The van der Waals surface area contributed by atoms with Gasteiger partial charge in [-0.05, 0) is 47.7 Å². The molecular formula is C24H27BrF3N3O3S. The molecule has 0 aliphatic rings. The summed E-state index contributed by atoms with van der Waals surface area (Å²) in [6.45, 7) is 3.57. The third-order valence-corrected chi connectivity index (χ3v) is 6.84. The predicted octanol–water partition coefficient (Wildman–Crippen LogP) is 4.71. The van der Waals surface area contributed by atoms with Crippen LogP contribution in [0.4, 0.5) is 13.2 Å². The third kappa shape index (κ3) is 8.94. The van der Waals surface area contributed by atoms with Crippen LogP contribution in [0.25, 0.3) is 0 Å². The fraction of sp³-hybridized carbons (Fsp3) is 0.417. The molecule has 0 aliphatic heterocycles. The molecule has 0 fully saturated rings. The highest BCUT2D eigenvalue weighted by Gasteiger charge is 2.43. The van der Waals surface area contributed by atoms with Crippen molar-refractivity contribution in [3.05, 3.63) is 64.1 Å². The zero-order valence-electron chi connectivity index (χ0n) is 19.4. The summed E-state index contributed by atoms with van der Waals surface area (Å²) < 4.78 is 65.5. The molecule has 0 spiro atoms. The topological polar surface area (TPSA) is 99.1 Å². The van der Waals surface area contributed by atoms with E-state index in [0.29, 0.717) is 10.0 Å². The Hall–Kier alpha value is -2.42. The van der Waals surface area contributed by atoms with Gasteiger partial charge in [-0.15, -0.1) is 0 Å². The number of hydrogen-bond donors (Lipinski definition) is 2. The van der Waals surface area contributed by atoms with Crippen LogP contribution in [0.15, 0.2) is 57.9 Å². The Bertz CT molecular complexity index is 1150. The van der Waals surface area contributed by atoms with Crippen molar-refractivity contribution in [3.8, 4) is 6.07 Å². The summed E-state index contributed by atoms with van der Waals surface area (Å²) >= 11 is 3.20. The van der Waals surface area contributed by atoms with Gasteiger partial charge in [-0.1, -0.05) is 54.0 Å². The zero-order valence-corrected chi connectivity index (χ0v) is 21.8. The van der Waals surface area contributed by atoms with E-state index in [1.807, 2.05) is 6.07 Å². The highest BCUT2D eigenvalue weighted by Crippen LogP contribution is 2.34. The lowest BCUT2D eigenvalue weighted by Crippen LogP contribution is -2.51. The number of rotatable bonds is 10. The first-order chi connectivity index (χ1) is 16.2. The van der Waals surface area contributed by atoms with Crippen molar-refractivity contribution in [1.29, 1.82) is 5.26 Å². The average Bonchev–Trinajstić information content (AvgIpc) is 2.75. The molecule has 0 heterocycles. The van der Waals surface area contributed by atoms with Gasteiger partial charge in [0.1, 0.15) is 12.1 Å². The van der Waals surface area contributed by atoms with E-state index in [4.69, 9.17) is 0 Å². The first-order valence-corrected chi connectivity index (χ1v) is 13.5. The number of nitrogens with zero attached hydrogens (tertiary/aromatic N) is 1. The Morgan fingerprint density at radius 1 is 1.09 bits per heavy atom. The summed E-state index contributed by atoms with van der Waals surface area (Å²) in [5.74, 6) is -0.814. The molecule has 35 heavy (non-hydrogen) atoms. The second-order valence-corrected chi connectivity index (χ2v) is 11.6. The number of carbonyl (C=O) groups excluding carboxylic acids is 1. The van der Waals surface area contributed by atoms with E-state index in [0.717, 1.165) is 6.26 Å². The number of carbonyl (C=O) groups is 1. The molecule has 11 heteroatoms. The van der Waals surface area contributed by atoms with Gasteiger partial charge in [0.05, 0.1) is 17.0 Å². The van der Waals surface area contributed by atoms with Gasteiger partial charge < -0.3 is 5.32 Å². The van der Waals surface area contributed by atoms with E-state index in [2.05, 4.69) is 26.6 Å². The summed E-state index contributed by atoms with van der Waals surface area (Å²) in [6.07, 6.45) is -3.39. The Labute approximate surface area is 212 Å². The molecular weight excluding hydrogens is 547 g/mol. The monoisotopic (exact) mass is 573 g/mol. The molecule has 0 radical (unpaired) electrons. The Balaban J connectivity index is 2.21. The molecule has 2 rings (SSSR count). The maximum Gasteiger partial charge on any atom is 0.407 e. The molecule has 0 saturated carbocycles. The van der Waals surface area contributed by atoms with Crippen molar-refractivity contribution >= 4 is 31.7 Å². The highest BCUT2D eigenvalue weighted by atomic mass is 79.9. The second-order valence-electron chi connectivity index (χ2n) is 8.69. The number of nitriles is 1. The molecule has 1 amide bonds. The van der Waals surface area contributed by atoms with E-state index >= 15 is 0 Å². The van der Waals surface area contributed by atoms with E-state index in [1.165, 1.54) is 48.5 Å². The molecule has 0 aromatic heterocycles. The summed E-state index contributed by atoms with van der Waals surface area (Å²) in [6, 6.07) is 9.17. The minimum Gasteiger partial charge on any atom is -0.339 e. The van der Waals surface area contributed by atoms with Gasteiger partial charge in [0.25, 0.3) is 0 Å². The first kappa shape index (κ1) is 28.8. The Morgan fingerprint density at radius 2 is 1.66 bits per heavy atom. The average molecular weight is 574 g/mol. The van der Waals surface area contributed by atoms with Crippen molar-refractivity contribution in [2.45, 2.75) is 55.9 Å². The van der Waals surface area contributed by atoms with Crippen LogP contribution in [-0.4, -0.2) is 38.8 Å². The Kier molecular flexibility index (Phi) is 9.89. The minimum absolute atomic E-state index is 0.0370. The van der Waals surface area contributed by atoms with Crippen molar-refractivity contribution in [2.24, 2.45) is 5.92 Å². The molecule has 0 bridgehead atoms. The van der Waals surface area contributed by atoms with Crippen LogP contribution >= 0.6 is 15.9 Å². The summed E-state index contributed by atoms with van der Waals surface area (Å²) in [5, 5.41) is 14.5. The van der Waals surface area contributed by atoms with E-state index < -0.39 is 40.0 Å². The number of benzene rings is 2. The molecule has 1 unspecified atom stereocenters. The fourth-order valence-corrected chi connectivity index (χ4v) is 4.36. The third-order valence-electron chi connectivity index (χ3n) is 5.19. The van der Waals surface area contributed by atoms with Crippen molar-refractivity contribution < 1.29 is 26.4 Å². The number of nitrogens with one attached hydrogen (secondary N) is 2. The van der Waals surface area contributed by atoms with E-state index in [-0.39, 0.29) is 29.2 Å². The largest absolute Gasteiger partial charge is 0.407 e. The maximum absolute atomic E-state index is 13.9. The first-order valence-electron chi connectivity index (χ1n) is 10.8. The van der Waals surface area contributed by atoms with Gasteiger partial charge in [0.15, 0.2) is 9.84 Å². The normalized spacial score (nSPS) is 14.7. The Morgan fingerprint density at radius 3 is 2.11 bits per heavy atom. The SMILES string of the molecule is CC(C)CC(N[C@@H](c1ccc(Br)cc1)C(F)(F)F)C(=O)N[C@H](C#N)Cc1ccc(S(C)(=O)=O)cc1. The van der Waals surface area contributed by atoms with E-state index in [1.54, 1.807) is 13.8 Å². The van der Waals surface area contributed by atoms with Crippen LogP contribution in [0.1, 0.15) is 37.4 Å². The molecule has 2 aromatic carbocycles. The lowest BCUT2D eigenvalue weighted by Gasteiger charge is -2.29. The van der Waals surface area contributed by atoms with E-state index in [9.17, 15) is 31.6 Å². The number of sulfone groups is 1. The molecule has 2 N–H and O–H groups in total. The van der Waals surface area contributed by atoms with Gasteiger partial charge in [0, 0.05) is 17.1 Å². The van der Waals surface area contributed by atoms with Gasteiger partial charge >= 0.3 is 6.18 Å². The van der Waals surface area contributed by atoms with Gasteiger partial charge in [0.2, 0.25) is 5.91 Å². The molecule has 0 aliphatic carbocycles. The van der Waals surface area contributed by atoms with Crippen LogP contribution in [-0.2, 0) is 21.1 Å².